The predicted molar refractivity (Wildman–Crippen MR) is 91.3 cm³/mol. The van der Waals surface area contributed by atoms with Crippen LogP contribution in [0.5, 0.6) is 11.5 Å². The molecular formula is C17H16BrNO4. The highest BCUT2D eigenvalue weighted by Gasteiger charge is 2.09. The fourth-order valence-corrected chi connectivity index (χ4v) is 2.26. The number of ketones is 1. The number of carbonyl (C=O) groups excluding carboxylic acids is 2. The Morgan fingerprint density at radius 2 is 1.83 bits per heavy atom. The van der Waals surface area contributed by atoms with Crippen LogP contribution in [0.4, 0.5) is 5.69 Å². The molecule has 0 fully saturated rings. The molecule has 0 spiro atoms. The molecule has 0 aromatic heterocycles. The second kappa shape index (κ2) is 7.78. The lowest BCUT2D eigenvalue weighted by atomic mass is 10.1. The summed E-state index contributed by atoms with van der Waals surface area (Å²) in [6.07, 6.45) is 0. The van der Waals surface area contributed by atoms with Crippen LogP contribution in [0, 0.1) is 0 Å². The topological polar surface area (TPSA) is 64.6 Å². The van der Waals surface area contributed by atoms with Gasteiger partial charge in [0.1, 0.15) is 11.5 Å². The summed E-state index contributed by atoms with van der Waals surface area (Å²) in [6, 6.07) is 12.0. The van der Waals surface area contributed by atoms with Gasteiger partial charge in [0.2, 0.25) is 0 Å². The minimum Gasteiger partial charge on any atom is -0.495 e. The number of Topliss-reactive ketones (excluding diaryl/α,β-unsaturated/α-hetero) is 1. The molecule has 0 radical (unpaired) electrons. The standard InChI is InChI=1S/C17H16BrNO4/c1-11(20)12-3-6-14(7-4-12)23-10-17(21)19-15-9-13(18)5-8-16(15)22-2/h3-9H,10H2,1-2H3,(H,19,21). The van der Waals surface area contributed by atoms with E-state index in [0.717, 1.165) is 4.47 Å². The minimum absolute atomic E-state index is 0.0176. The average molecular weight is 378 g/mol. The average Bonchev–Trinajstić information content (AvgIpc) is 2.53. The van der Waals surface area contributed by atoms with Gasteiger partial charge in [-0.05, 0) is 49.4 Å². The fourth-order valence-electron chi connectivity index (χ4n) is 1.90. The van der Waals surface area contributed by atoms with E-state index in [0.29, 0.717) is 22.7 Å². The van der Waals surface area contributed by atoms with Gasteiger partial charge in [-0.25, -0.2) is 0 Å². The molecule has 1 N–H and O–H groups in total. The molecule has 6 heteroatoms. The molecule has 2 aromatic carbocycles. The van der Waals surface area contributed by atoms with E-state index in [9.17, 15) is 9.59 Å². The molecule has 0 aliphatic rings. The Balaban J connectivity index is 1.95. The summed E-state index contributed by atoms with van der Waals surface area (Å²) in [7, 11) is 1.53. The maximum atomic E-state index is 12.0. The van der Waals surface area contributed by atoms with E-state index in [1.807, 2.05) is 6.07 Å². The number of hydrogen-bond acceptors (Lipinski definition) is 4. The zero-order chi connectivity index (χ0) is 16.8. The van der Waals surface area contributed by atoms with E-state index >= 15 is 0 Å². The van der Waals surface area contributed by atoms with Crippen molar-refractivity contribution in [2.24, 2.45) is 0 Å². The number of amides is 1. The Morgan fingerprint density at radius 1 is 1.13 bits per heavy atom. The Morgan fingerprint density at radius 3 is 2.43 bits per heavy atom. The van der Waals surface area contributed by atoms with Crippen LogP contribution in [0.2, 0.25) is 0 Å². The first-order valence-electron chi connectivity index (χ1n) is 6.87. The van der Waals surface area contributed by atoms with E-state index in [4.69, 9.17) is 9.47 Å². The molecule has 120 valence electrons. The number of ether oxygens (including phenoxy) is 2. The molecule has 0 heterocycles. The van der Waals surface area contributed by atoms with Crippen molar-refractivity contribution < 1.29 is 19.1 Å². The van der Waals surface area contributed by atoms with Crippen molar-refractivity contribution >= 4 is 33.3 Å². The van der Waals surface area contributed by atoms with Crippen LogP contribution in [0.1, 0.15) is 17.3 Å². The Kier molecular flexibility index (Phi) is 5.76. The molecule has 2 aromatic rings. The van der Waals surface area contributed by atoms with Crippen molar-refractivity contribution in [1.82, 2.24) is 0 Å². The number of halogens is 1. The molecule has 0 bridgehead atoms. The maximum Gasteiger partial charge on any atom is 0.262 e. The molecular weight excluding hydrogens is 362 g/mol. The van der Waals surface area contributed by atoms with Crippen LogP contribution >= 0.6 is 15.9 Å². The van der Waals surface area contributed by atoms with Gasteiger partial charge in [-0.1, -0.05) is 15.9 Å². The summed E-state index contributed by atoms with van der Waals surface area (Å²) in [4.78, 5) is 23.2. The number of rotatable bonds is 6. The van der Waals surface area contributed by atoms with Gasteiger partial charge < -0.3 is 14.8 Å². The zero-order valence-corrected chi connectivity index (χ0v) is 14.3. The summed E-state index contributed by atoms with van der Waals surface area (Å²) in [6.45, 7) is 1.35. The first kappa shape index (κ1) is 17.0. The van der Waals surface area contributed by atoms with Crippen molar-refractivity contribution in [2.75, 3.05) is 19.0 Å². The smallest absolute Gasteiger partial charge is 0.262 e. The lowest BCUT2D eigenvalue weighted by Crippen LogP contribution is -2.20. The lowest BCUT2D eigenvalue weighted by molar-refractivity contribution is -0.118. The van der Waals surface area contributed by atoms with Crippen LogP contribution in [-0.2, 0) is 4.79 Å². The largest absolute Gasteiger partial charge is 0.495 e. The van der Waals surface area contributed by atoms with E-state index < -0.39 is 0 Å². The SMILES string of the molecule is COc1ccc(Br)cc1NC(=O)COc1ccc(C(C)=O)cc1. The fraction of sp³-hybridized carbons (Fsp3) is 0.176. The maximum absolute atomic E-state index is 12.0. The lowest BCUT2D eigenvalue weighted by Gasteiger charge is -2.11. The quantitative estimate of drug-likeness (QED) is 0.779. The third-order valence-corrected chi connectivity index (χ3v) is 3.56. The molecule has 0 atom stereocenters. The number of methoxy groups -OCH3 is 1. The van der Waals surface area contributed by atoms with E-state index in [1.54, 1.807) is 36.4 Å². The first-order valence-corrected chi connectivity index (χ1v) is 7.66. The van der Waals surface area contributed by atoms with Crippen molar-refractivity contribution in [3.05, 3.63) is 52.5 Å². The molecule has 0 unspecified atom stereocenters. The number of carbonyl (C=O) groups is 2. The van der Waals surface area contributed by atoms with Gasteiger partial charge in [-0.15, -0.1) is 0 Å². The van der Waals surface area contributed by atoms with Gasteiger partial charge in [-0.3, -0.25) is 9.59 Å². The number of nitrogens with one attached hydrogen (secondary N) is 1. The molecule has 2 rings (SSSR count). The summed E-state index contributed by atoms with van der Waals surface area (Å²) in [5, 5.41) is 2.73. The number of hydrogen-bond donors (Lipinski definition) is 1. The Bertz CT molecular complexity index is 713. The summed E-state index contributed by atoms with van der Waals surface area (Å²) >= 11 is 3.34. The molecule has 0 saturated carbocycles. The third kappa shape index (κ3) is 4.82. The molecule has 1 amide bonds. The van der Waals surface area contributed by atoms with Gasteiger partial charge in [-0.2, -0.15) is 0 Å². The third-order valence-electron chi connectivity index (χ3n) is 3.07. The Labute approximate surface area is 142 Å². The molecule has 5 nitrogen and oxygen atoms in total. The van der Waals surface area contributed by atoms with E-state index in [2.05, 4.69) is 21.2 Å². The number of benzene rings is 2. The van der Waals surface area contributed by atoms with Crippen molar-refractivity contribution in [3.63, 3.8) is 0 Å². The summed E-state index contributed by atoms with van der Waals surface area (Å²) in [5.74, 6) is 0.756. The van der Waals surface area contributed by atoms with Crippen molar-refractivity contribution in [2.45, 2.75) is 6.92 Å². The van der Waals surface area contributed by atoms with Gasteiger partial charge >= 0.3 is 0 Å². The zero-order valence-electron chi connectivity index (χ0n) is 12.8. The summed E-state index contributed by atoms with van der Waals surface area (Å²) in [5.41, 5.74) is 1.16. The number of anilines is 1. The molecule has 0 aliphatic carbocycles. The Hall–Kier alpha value is -2.34. The van der Waals surface area contributed by atoms with Crippen LogP contribution in [-0.4, -0.2) is 25.4 Å². The molecule has 0 aliphatic heterocycles. The first-order chi connectivity index (χ1) is 11.0. The van der Waals surface area contributed by atoms with Crippen molar-refractivity contribution in [1.29, 1.82) is 0 Å². The van der Waals surface area contributed by atoms with Gasteiger partial charge in [0.05, 0.1) is 12.8 Å². The van der Waals surface area contributed by atoms with E-state index in [-0.39, 0.29) is 18.3 Å². The normalized spacial score (nSPS) is 10.0. The molecule has 23 heavy (non-hydrogen) atoms. The van der Waals surface area contributed by atoms with Crippen LogP contribution in [0.25, 0.3) is 0 Å². The molecule has 0 saturated heterocycles. The monoisotopic (exact) mass is 377 g/mol. The van der Waals surface area contributed by atoms with Gasteiger partial charge in [0.25, 0.3) is 5.91 Å². The highest BCUT2D eigenvalue weighted by Crippen LogP contribution is 2.27. The second-order valence-corrected chi connectivity index (χ2v) is 5.68. The predicted octanol–water partition coefficient (Wildman–Crippen LogP) is 3.68. The minimum atomic E-state index is -0.308. The van der Waals surface area contributed by atoms with Crippen LogP contribution in [0.3, 0.4) is 0 Å². The summed E-state index contributed by atoms with van der Waals surface area (Å²) < 4.78 is 11.4. The highest BCUT2D eigenvalue weighted by atomic mass is 79.9. The van der Waals surface area contributed by atoms with E-state index in [1.165, 1.54) is 14.0 Å². The second-order valence-electron chi connectivity index (χ2n) is 4.76. The highest BCUT2D eigenvalue weighted by molar-refractivity contribution is 9.10. The van der Waals surface area contributed by atoms with Crippen LogP contribution < -0.4 is 14.8 Å². The van der Waals surface area contributed by atoms with Gasteiger partial charge in [0.15, 0.2) is 12.4 Å². The van der Waals surface area contributed by atoms with Crippen LogP contribution in [0.15, 0.2) is 46.9 Å². The van der Waals surface area contributed by atoms with Gasteiger partial charge in [0, 0.05) is 10.0 Å². The van der Waals surface area contributed by atoms with Crippen molar-refractivity contribution in [3.8, 4) is 11.5 Å².